The molecule has 5 heteroatoms. The first-order valence-corrected chi connectivity index (χ1v) is 9.51. The third-order valence-electron chi connectivity index (χ3n) is 5.26. The molecule has 1 rings (SSSR count). The van der Waals surface area contributed by atoms with E-state index in [1.807, 2.05) is 19.9 Å². The first-order chi connectivity index (χ1) is 12.3. The molecule has 0 spiro atoms. The first kappa shape index (κ1) is 22.4. The number of allylic oxidation sites excluding steroid dienone is 2. The van der Waals surface area contributed by atoms with Gasteiger partial charge in [0.15, 0.2) is 6.17 Å². The van der Waals surface area contributed by atoms with Crippen LogP contribution in [0.5, 0.6) is 0 Å². The van der Waals surface area contributed by atoms with Crippen molar-refractivity contribution >= 4 is 5.84 Å². The zero-order chi connectivity index (χ0) is 19.7. The second kappa shape index (κ2) is 10.5. The summed E-state index contributed by atoms with van der Waals surface area (Å²) in [7, 11) is 3.36. The highest BCUT2D eigenvalue weighted by Crippen LogP contribution is 2.44. The van der Waals surface area contributed by atoms with Crippen LogP contribution in [0.2, 0.25) is 0 Å². The minimum Gasteiger partial charge on any atom is -0.382 e. The van der Waals surface area contributed by atoms with E-state index < -0.39 is 11.8 Å². The molecule has 1 saturated carbocycles. The lowest BCUT2D eigenvalue weighted by molar-refractivity contribution is -0.0979. The number of hydrazone groups is 1. The Balaban J connectivity index is 2.92. The fraction of sp³-hybridized carbons (Fsp3) is 0.667. The summed E-state index contributed by atoms with van der Waals surface area (Å²) in [5, 5.41) is 5.82. The summed E-state index contributed by atoms with van der Waals surface area (Å²) in [6.45, 7) is 10.1. The Morgan fingerprint density at radius 3 is 2.62 bits per heavy atom. The third kappa shape index (κ3) is 5.70. The maximum absolute atomic E-state index is 15.5. The van der Waals surface area contributed by atoms with E-state index >= 15 is 4.39 Å². The number of hydrogen-bond acceptors (Lipinski definition) is 3. The molecule has 0 heterocycles. The van der Waals surface area contributed by atoms with E-state index in [2.05, 4.69) is 30.8 Å². The average Bonchev–Trinajstić information content (AvgIpc) is 2.55. The molecular formula is C21H36FN3O. The fourth-order valence-electron chi connectivity index (χ4n) is 3.52. The topological polar surface area (TPSA) is 50.8 Å². The second-order valence-corrected chi connectivity index (χ2v) is 7.30. The number of alkyl halides is 1. The van der Waals surface area contributed by atoms with Gasteiger partial charge in [-0.15, -0.1) is 0 Å². The van der Waals surface area contributed by atoms with Gasteiger partial charge in [0.1, 0.15) is 11.4 Å². The second-order valence-electron chi connectivity index (χ2n) is 7.30. The lowest BCUT2D eigenvalue weighted by Gasteiger charge is -2.45. The Kier molecular flexibility index (Phi) is 9.06. The predicted octanol–water partition coefficient (Wildman–Crippen LogP) is 4.45. The largest absolute Gasteiger partial charge is 0.382 e. The third-order valence-corrected chi connectivity index (χ3v) is 5.26. The number of halogens is 1. The van der Waals surface area contributed by atoms with Gasteiger partial charge in [0.2, 0.25) is 0 Å². The molecular weight excluding hydrogens is 329 g/mol. The summed E-state index contributed by atoms with van der Waals surface area (Å²) >= 11 is 0. The molecule has 0 bridgehead atoms. The van der Waals surface area contributed by atoms with Gasteiger partial charge in [0, 0.05) is 20.1 Å². The number of likely N-dealkylation sites (N-methyl/N-ethyl adjacent to an activating group) is 1. The van der Waals surface area contributed by atoms with Gasteiger partial charge in [-0.05, 0) is 50.7 Å². The van der Waals surface area contributed by atoms with Crippen molar-refractivity contribution in [3.05, 3.63) is 36.5 Å². The highest BCUT2D eigenvalue weighted by molar-refractivity contribution is 5.91. The molecule has 0 aliphatic heterocycles. The van der Waals surface area contributed by atoms with Gasteiger partial charge >= 0.3 is 0 Å². The van der Waals surface area contributed by atoms with Crippen LogP contribution in [0.25, 0.3) is 0 Å². The molecule has 148 valence electrons. The Morgan fingerprint density at radius 1 is 1.50 bits per heavy atom. The van der Waals surface area contributed by atoms with Crippen molar-refractivity contribution < 1.29 is 9.13 Å². The highest BCUT2D eigenvalue weighted by Gasteiger charge is 2.47. The van der Waals surface area contributed by atoms with E-state index in [0.29, 0.717) is 17.3 Å². The number of methoxy groups -OCH3 is 1. The summed E-state index contributed by atoms with van der Waals surface area (Å²) in [5.41, 5.74) is 5.29. The van der Waals surface area contributed by atoms with Gasteiger partial charge in [0.25, 0.3) is 0 Å². The molecule has 26 heavy (non-hydrogen) atoms. The minimum absolute atomic E-state index is 0.0369. The molecule has 1 aliphatic carbocycles. The van der Waals surface area contributed by atoms with Crippen LogP contribution in [0.4, 0.5) is 4.39 Å². The summed E-state index contributed by atoms with van der Waals surface area (Å²) in [4.78, 5) is 0. The molecule has 2 N–H and O–H groups in total. The van der Waals surface area contributed by atoms with Gasteiger partial charge in [-0.2, -0.15) is 5.10 Å². The quantitative estimate of drug-likeness (QED) is 0.255. The fourth-order valence-corrected chi connectivity index (χ4v) is 3.52. The average molecular weight is 366 g/mol. The number of nitrogens with zero attached hydrogens (tertiary/aromatic N) is 2. The van der Waals surface area contributed by atoms with E-state index in [9.17, 15) is 0 Å². The Hall–Kier alpha value is -1.62. The van der Waals surface area contributed by atoms with Gasteiger partial charge in [0.05, 0.1) is 6.54 Å². The summed E-state index contributed by atoms with van der Waals surface area (Å²) in [5.74, 6) is 0.885. The standard InChI is InChI=1S/C21H36FN3O/c1-7-9-14-18(17-12-10-13-17)21(4,26-6)20(22)16(3)15-25(5)24-19(23)11-8-2/h8-9,11,14,17-18,20H,3,7,10,12-13,15H2,1-2,4-6H3,(H2,23,24)/b11-8-,14-9?/t18?,20-,21?/m0/s1. The van der Waals surface area contributed by atoms with Crippen LogP contribution in [0.1, 0.15) is 46.5 Å². The summed E-state index contributed by atoms with van der Waals surface area (Å²) in [6.07, 6.45) is 10.9. The van der Waals surface area contributed by atoms with Crippen molar-refractivity contribution in [2.75, 3.05) is 20.7 Å². The lowest BCUT2D eigenvalue weighted by atomic mass is 9.66. The molecule has 0 saturated heterocycles. The van der Waals surface area contributed by atoms with E-state index in [0.717, 1.165) is 19.3 Å². The molecule has 0 amide bonds. The molecule has 0 aromatic carbocycles. The number of amidine groups is 1. The van der Waals surface area contributed by atoms with E-state index in [-0.39, 0.29) is 12.5 Å². The van der Waals surface area contributed by atoms with Crippen LogP contribution in [0.15, 0.2) is 41.6 Å². The van der Waals surface area contributed by atoms with Gasteiger partial charge in [-0.3, -0.25) is 5.01 Å². The Bertz CT molecular complexity index is 539. The highest BCUT2D eigenvalue weighted by atomic mass is 19.1. The van der Waals surface area contributed by atoms with Crippen molar-refractivity contribution in [2.24, 2.45) is 22.7 Å². The predicted molar refractivity (Wildman–Crippen MR) is 109 cm³/mol. The number of hydrogen-bond donors (Lipinski definition) is 1. The Morgan fingerprint density at radius 2 is 2.15 bits per heavy atom. The Labute approximate surface area is 158 Å². The molecule has 4 nitrogen and oxygen atoms in total. The lowest BCUT2D eigenvalue weighted by Crippen LogP contribution is -2.50. The molecule has 1 aliphatic rings. The van der Waals surface area contributed by atoms with Crippen LogP contribution in [0.3, 0.4) is 0 Å². The van der Waals surface area contributed by atoms with Crippen LogP contribution in [-0.4, -0.2) is 43.3 Å². The van der Waals surface area contributed by atoms with E-state index in [4.69, 9.17) is 10.5 Å². The molecule has 1 fully saturated rings. The molecule has 3 atom stereocenters. The van der Waals surface area contributed by atoms with Gasteiger partial charge < -0.3 is 10.5 Å². The normalized spacial score (nSPS) is 20.8. The van der Waals surface area contributed by atoms with Crippen LogP contribution < -0.4 is 5.73 Å². The number of ether oxygens (including phenoxy) is 1. The van der Waals surface area contributed by atoms with E-state index in [1.54, 1.807) is 25.2 Å². The minimum atomic E-state index is -1.29. The molecule has 0 radical (unpaired) electrons. The number of nitrogens with two attached hydrogens (primary N) is 1. The van der Waals surface area contributed by atoms with E-state index in [1.165, 1.54) is 6.42 Å². The molecule has 0 aromatic rings. The number of rotatable bonds is 11. The van der Waals surface area contributed by atoms with Crippen molar-refractivity contribution in [3.8, 4) is 0 Å². The van der Waals surface area contributed by atoms with Crippen LogP contribution in [0, 0.1) is 11.8 Å². The molecule has 0 aromatic heterocycles. The zero-order valence-corrected chi connectivity index (χ0v) is 17.0. The van der Waals surface area contributed by atoms with Gasteiger partial charge in [-0.25, -0.2) is 4.39 Å². The van der Waals surface area contributed by atoms with Crippen molar-refractivity contribution in [2.45, 2.75) is 58.2 Å². The maximum atomic E-state index is 15.5. The smallest absolute Gasteiger partial charge is 0.152 e. The maximum Gasteiger partial charge on any atom is 0.152 e. The van der Waals surface area contributed by atoms with Crippen molar-refractivity contribution in [1.82, 2.24) is 5.01 Å². The summed E-state index contributed by atoms with van der Waals surface area (Å²) < 4.78 is 21.3. The van der Waals surface area contributed by atoms with Crippen LogP contribution >= 0.6 is 0 Å². The molecule has 2 unspecified atom stereocenters. The van der Waals surface area contributed by atoms with Crippen molar-refractivity contribution in [1.29, 1.82) is 0 Å². The zero-order valence-electron chi connectivity index (χ0n) is 17.0. The summed E-state index contributed by atoms with van der Waals surface area (Å²) in [6, 6.07) is 0. The van der Waals surface area contributed by atoms with Crippen LogP contribution in [-0.2, 0) is 4.74 Å². The first-order valence-electron chi connectivity index (χ1n) is 9.51. The van der Waals surface area contributed by atoms with Crippen molar-refractivity contribution in [3.63, 3.8) is 0 Å². The SMILES string of the molecule is C=C(CN(C)/N=C(N)\C=C/C)[C@H](F)C(C)(OC)C(C=CCC)C1CCC1. The monoisotopic (exact) mass is 365 g/mol. The van der Waals surface area contributed by atoms with Gasteiger partial charge in [-0.1, -0.05) is 38.2 Å².